The second kappa shape index (κ2) is 7.20. The standard InChI is InChI=1S/C17H29N5O2SSi/c1-9(7-11(10(2)25)17(6,24-26)16(3,4)5)22-8-19-12-13(22)20-15(18)21-14(12)23/h8-9,11H,7H2,1-6,26H3,(H3,18,20,21,23). The van der Waals surface area contributed by atoms with E-state index in [1.165, 1.54) is 0 Å². The predicted molar refractivity (Wildman–Crippen MR) is 113 cm³/mol. The smallest absolute Gasteiger partial charge is 0.280 e. The van der Waals surface area contributed by atoms with Crippen LogP contribution in [0, 0.1) is 11.3 Å². The van der Waals surface area contributed by atoms with Gasteiger partial charge < -0.3 is 14.7 Å². The number of thiocarbonyl (C=S) groups is 1. The minimum Gasteiger partial charge on any atom is -0.422 e. The van der Waals surface area contributed by atoms with Crippen molar-refractivity contribution < 1.29 is 4.43 Å². The molecular formula is C17H29N5O2SSi. The van der Waals surface area contributed by atoms with Gasteiger partial charge in [-0.3, -0.25) is 9.78 Å². The van der Waals surface area contributed by atoms with Gasteiger partial charge >= 0.3 is 0 Å². The number of nitrogen functional groups attached to an aromatic ring is 1. The largest absolute Gasteiger partial charge is 0.422 e. The van der Waals surface area contributed by atoms with Crippen LogP contribution in [0.3, 0.4) is 0 Å². The lowest BCUT2D eigenvalue weighted by Crippen LogP contribution is -2.51. The first kappa shape index (κ1) is 20.7. The number of imidazole rings is 1. The van der Waals surface area contributed by atoms with Gasteiger partial charge in [-0.05, 0) is 37.5 Å². The number of nitrogens with zero attached hydrogens (tertiary/aromatic N) is 3. The van der Waals surface area contributed by atoms with Crippen LogP contribution in [0.4, 0.5) is 5.95 Å². The summed E-state index contributed by atoms with van der Waals surface area (Å²) in [6, 6.07) is 0.0232. The molecule has 0 amide bonds. The molecule has 2 aromatic rings. The lowest BCUT2D eigenvalue weighted by Gasteiger charge is -2.48. The Morgan fingerprint density at radius 3 is 2.58 bits per heavy atom. The Hall–Kier alpha value is -1.58. The van der Waals surface area contributed by atoms with Crippen LogP contribution in [0.15, 0.2) is 11.1 Å². The van der Waals surface area contributed by atoms with Crippen molar-refractivity contribution in [2.45, 2.75) is 59.6 Å². The normalized spacial score (nSPS) is 17.2. The molecule has 0 saturated heterocycles. The second-order valence-electron chi connectivity index (χ2n) is 8.08. The van der Waals surface area contributed by atoms with Crippen LogP contribution < -0.4 is 11.3 Å². The van der Waals surface area contributed by atoms with E-state index >= 15 is 0 Å². The Labute approximate surface area is 162 Å². The SMILES string of the molecule is CC(=S)C(CC(C)n1cnc2c(=O)[nH]c(N)nc21)C(C)(O[SiH3])C(C)(C)C. The highest BCUT2D eigenvalue weighted by Gasteiger charge is 2.45. The van der Waals surface area contributed by atoms with Gasteiger partial charge in [0.2, 0.25) is 5.95 Å². The van der Waals surface area contributed by atoms with Crippen molar-refractivity contribution in [3.8, 4) is 0 Å². The van der Waals surface area contributed by atoms with Crippen LogP contribution in [0.2, 0.25) is 0 Å². The number of hydrogen-bond donors (Lipinski definition) is 2. The summed E-state index contributed by atoms with van der Waals surface area (Å²) in [6.45, 7) is 12.7. The van der Waals surface area contributed by atoms with Gasteiger partial charge in [-0.25, -0.2) is 4.98 Å². The van der Waals surface area contributed by atoms with Crippen molar-refractivity contribution >= 4 is 44.7 Å². The van der Waals surface area contributed by atoms with Crippen molar-refractivity contribution in [1.82, 2.24) is 19.5 Å². The van der Waals surface area contributed by atoms with Gasteiger partial charge in [0.15, 0.2) is 11.2 Å². The summed E-state index contributed by atoms with van der Waals surface area (Å²) < 4.78 is 8.00. The zero-order chi connectivity index (χ0) is 19.9. The van der Waals surface area contributed by atoms with E-state index in [9.17, 15) is 4.79 Å². The Bertz CT molecular complexity index is 872. The molecule has 2 heterocycles. The number of fused-ring (bicyclic) bond motifs is 1. The average molecular weight is 396 g/mol. The summed E-state index contributed by atoms with van der Waals surface area (Å²) in [6.07, 6.45) is 2.40. The predicted octanol–water partition coefficient (Wildman–Crippen LogP) is 1.76. The molecule has 9 heteroatoms. The van der Waals surface area contributed by atoms with Crippen LogP contribution >= 0.6 is 12.2 Å². The third kappa shape index (κ3) is 3.60. The summed E-state index contributed by atoms with van der Waals surface area (Å²) in [5.41, 5.74) is 5.71. The molecule has 0 radical (unpaired) electrons. The minimum absolute atomic E-state index is 0.0232. The maximum Gasteiger partial charge on any atom is 0.280 e. The molecule has 7 nitrogen and oxygen atoms in total. The summed E-state index contributed by atoms with van der Waals surface area (Å²) >= 11 is 5.61. The third-order valence-electron chi connectivity index (χ3n) is 5.57. The molecule has 0 saturated carbocycles. The summed E-state index contributed by atoms with van der Waals surface area (Å²) in [4.78, 5) is 23.9. The van der Waals surface area contributed by atoms with Crippen molar-refractivity contribution in [1.29, 1.82) is 0 Å². The van der Waals surface area contributed by atoms with E-state index in [4.69, 9.17) is 22.4 Å². The fourth-order valence-corrected chi connectivity index (χ4v) is 4.69. The number of nitrogens with one attached hydrogen (secondary N) is 1. The van der Waals surface area contributed by atoms with E-state index in [1.54, 1.807) is 6.33 Å². The summed E-state index contributed by atoms with van der Waals surface area (Å²) in [5, 5.41) is 0. The molecular weight excluding hydrogens is 366 g/mol. The van der Waals surface area contributed by atoms with Gasteiger partial charge in [-0.1, -0.05) is 33.0 Å². The van der Waals surface area contributed by atoms with Crippen LogP contribution in [0.1, 0.15) is 54.0 Å². The van der Waals surface area contributed by atoms with Gasteiger partial charge in [0.1, 0.15) is 10.5 Å². The molecule has 2 aromatic heterocycles. The molecule has 0 aliphatic rings. The van der Waals surface area contributed by atoms with E-state index in [0.29, 0.717) is 21.6 Å². The summed E-state index contributed by atoms with van der Waals surface area (Å²) in [7, 11) is 0.629. The highest BCUT2D eigenvalue weighted by Crippen LogP contribution is 2.43. The molecule has 0 fully saturated rings. The van der Waals surface area contributed by atoms with Crippen molar-refractivity contribution in [2.75, 3.05) is 5.73 Å². The molecule has 144 valence electrons. The number of H-pyrrole nitrogens is 1. The Morgan fingerprint density at radius 1 is 1.46 bits per heavy atom. The third-order valence-corrected chi connectivity index (χ3v) is 6.70. The highest BCUT2D eigenvalue weighted by molar-refractivity contribution is 7.80. The number of aromatic nitrogens is 4. The molecule has 0 aromatic carbocycles. The average Bonchev–Trinajstić information content (AvgIpc) is 2.94. The fourth-order valence-electron chi connectivity index (χ4n) is 3.47. The van der Waals surface area contributed by atoms with E-state index < -0.39 is 0 Å². The van der Waals surface area contributed by atoms with Crippen LogP contribution in [-0.4, -0.2) is 40.5 Å². The molecule has 3 N–H and O–H groups in total. The molecule has 0 spiro atoms. The summed E-state index contributed by atoms with van der Waals surface area (Å²) in [5.74, 6) is 0.156. The Morgan fingerprint density at radius 2 is 2.08 bits per heavy atom. The molecule has 0 aliphatic heterocycles. The lowest BCUT2D eigenvalue weighted by molar-refractivity contribution is -0.0441. The quantitative estimate of drug-likeness (QED) is 0.571. The molecule has 3 atom stereocenters. The fraction of sp³-hybridized carbons (Fsp3) is 0.647. The molecule has 3 unspecified atom stereocenters. The Balaban J connectivity index is 2.45. The number of rotatable bonds is 6. The molecule has 26 heavy (non-hydrogen) atoms. The Kier molecular flexibility index (Phi) is 5.74. The van der Waals surface area contributed by atoms with Crippen LogP contribution in [-0.2, 0) is 4.43 Å². The van der Waals surface area contributed by atoms with Gasteiger partial charge in [-0.15, -0.1) is 0 Å². The number of hydrogen-bond acceptors (Lipinski definition) is 6. The van der Waals surface area contributed by atoms with Crippen molar-refractivity contribution in [3.05, 3.63) is 16.7 Å². The molecule has 0 aliphatic carbocycles. The zero-order valence-electron chi connectivity index (χ0n) is 16.6. The number of nitrogens with two attached hydrogens (primary N) is 1. The van der Waals surface area contributed by atoms with E-state index in [1.807, 2.05) is 11.5 Å². The van der Waals surface area contributed by atoms with Crippen LogP contribution in [0.5, 0.6) is 0 Å². The highest BCUT2D eigenvalue weighted by atomic mass is 32.1. The van der Waals surface area contributed by atoms with Gasteiger partial charge in [0.05, 0.1) is 11.9 Å². The molecule has 2 rings (SSSR count). The van der Waals surface area contributed by atoms with Gasteiger partial charge in [0, 0.05) is 12.0 Å². The minimum atomic E-state index is -0.375. The van der Waals surface area contributed by atoms with Crippen LogP contribution in [0.25, 0.3) is 11.2 Å². The monoisotopic (exact) mass is 395 g/mol. The van der Waals surface area contributed by atoms with E-state index in [-0.39, 0.29) is 34.5 Å². The zero-order valence-corrected chi connectivity index (χ0v) is 19.4. The van der Waals surface area contributed by atoms with Gasteiger partial charge in [-0.2, -0.15) is 4.98 Å². The second-order valence-corrected chi connectivity index (χ2v) is 9.14. The lowest BCUT2D eigenvalue weighted by atomic mass is 9.67. The first-order chi connectivity index (χ1) is 11.9. The number of aromatic amines is 1. The maximum atomic E-state index is 12.0. The van der Waals surface area contributed by atoms with Crippen molar-refractivity contribution in [2.24, 2.45) is 11.3 Å². The maximum absolute atomic E-state index is 12.0. The molecule has 0 bridgehead atoms. The first-order valence-electron chi connectivity index (χ1n) is 8.70. The topological polar surface area (TPSA) is 98.8 Å². The van der Waals surface area contributed by atoms with E-state index in [0.717, 1.165) is 11.3 Å². The number of anilines is 1. The van der Waals surface area contributed by atoms with Gasteiger partial charge in [0.25, 0.3) is 5.56 Å². The van der Waals surface area contributed by atoms with E-state index in [2.05, 4.69) is 49.6 Å². The first-order valence-corrected chi connectivity index (χ1v) is 9.92. The van der Waals surface area contributed by atoms with Crippen molar-refractivity contribution in [3.63, 3.8) is 0 Å².